The SMILES string of the molecule is CCOC(=O)/C=C(/c1c(C)nn(C)c1C)C(F)(F)F. The molecule has 0 bridgehead atoms. The van der Waals surface area contributed by atoms with Gasteiger partial charge < -0.3 is 4.74 Å². The van der Waals surface area contributed by atoms with E-state index in [0.29, 0.717) is 11.8 Å². The number of carbonyl (C=O) groups excluding carboxylic acids is 1. The van der Waals surface area contributed by atoms with E-state index in [1.165, 1.54) is 25.5 Å². The van der Waals surface area contributed by atoms with E-state index < -0.39 is 17.7 Å². The van der Waals surface area contributed by atoms with Crippen LogP contribution in [0.25, 0.3) is 5.57 Å². The lowest BCUT2D eigenvalue weighted by atomic mass is 10.0. The number of ether oxygens (including phenoxy) is 1. The van der Waals surface area contributed by atoms with Crippen LogP contribution in [0.3, 0.4) is 0 Å². The minimum absolute atomic E-state index is 0.0193. The summed E-state index contributed by atoms with van der Waals surface area (Å²) in [6.45, 7) is 4.53. The Morgan fingerprint density at radius 2 is 2.00 bits per heavy atom. The second kappa shape index (κ2) is 5.46. The van der Waals surface area contributed by atoms with Gasteiger partial charge >= 0.3 is 12.1 Å². The number of hydrogen-bond acceptors (Lipinski definition) is 3. The van der Waals surface area contributed by atoms with Crippen LogP contribution in [0.15, 0.2) is 6.08 Å². The van der Waals surface area contributed by atoms with Gasteiger partial charge in [-0.1, -0.05) is 0 Å². The molecular formula is C12H15F3N2O2. The molecule has 0 amide bonds. The summed E-state index contributed by atoms with van der Waals surface area (Å²) in [6, 6.07) is 0. The lowest BCUT2D eigenvalue weighted by Gasteiger charge is -2.12. The number of hydrogen-bond donors (Lipinski definition) is 0. The molecule has 0 aliphatic carbocycles. The standard InChI is InChI=1S/C12H15F3N2O2/c1-5-19-10(18)6-9(12(13,14)15)11-7(2)16-17(4)8(11)3/h6H,5H2,1-4H3/b9-6-. The fraction of sp³-hybridized carbons (Fsp3) is 0.500. The van der Waals surface area contributed by atoms with E-state index in [4.69, 9.17) is 0 Å². The van der Waals surface area contributed by atoms with Gasteiger partial charge in [-0.15, -0.1) is 0 Å². The van der Waals surface area contributed by atoms with Crippen LogP contribution in [-0.4, -0.2) is 28.5 Å². The van der Waals surface area contributed by atoms with Crippen molar-refractivity contribution in [2.45, 2.75) is 26.9 Å². The molecule has 0 radical (unpaired) electrons. The predicted molar refractivity (Wildman–Crippen MR) is 63.3 cm³/mol. The van der Waals surface area contributed by atoms with Crippen LogP contribution in [0.4, 0.5) is 13.2 Å². The van der Waals surface area contributed by atoms with Gasteiger partial charge in [-0.25, -0.2) is 4.79 Å². The highest BCUT2D eigenvalue weighted by Crippen LogP contribution is 2.36. The van der Waals surface area contributed by atoms with Crippen molar-refractivity contribution in [3.63, 3.8) is 0 Å². The Morgan fingerprint density at radius 3 is 2.37 bits per heavy atom. The smallest absolute Gasteiger partial charge is 0.417 e. The number of carbonyl (C=O) groups is 1. The van der Waals surface area contributed by atoms with Gasteiger partial charge in [-0.3, -0.25) is 4.68 Å². The van der Waals surface area contributed by atoms with E-state index in [0.717, 1.165) is 0 Å². The molecule has 4 nitrogen and oxygen atoms in total. The fourth-order valence-electron chi connectivity index (χ4n) is 1.76. The third-order valence-corrected chi connectivity index (χ3v) is 2.63. The van der Waals surface area contributed by atoms with Crippen LogP contribution in [0.5, 0.6) is 0 Å². The topological polar surface area (TPSA) is 44.1 Å². The first-order chi connectivity index (χ1) is 8.68. The number of nitrogens with zero attached hydrogens (tertiary/aromatic N) is 2. The summed E-state index contributed by atoms with van der Waals surface area (Å²) in [4.78, 5) is 11.3. The van der Waals surface area contributed by atoms with Gasteiger partial charge in [0.25, 0.3) is 0 Å². The molecule has 1 aromatic heterocycles. The zero-order valence-corrected chi connectivity index (χ0v) is 11.1. The van der Waals surface area contributed by atoms with Crippen molar-refractivity contribution in [2.24, 2.45) is 7.05 Å². The summed E-state index contributed by atoms with van der Waals surface area (Å²) in [6.07, 6.45) is -4.17. The number of alkyl halides is 3. The Hall–Kier alpha value is -1.79. The average molecular weight is 276 g/mol. The van der Waals surface area contributed by atoms with E-state index >= 15 is 0 Å². The van der Waals surface area contributed by atoms with Crippen molar-refractivity contribution in [2.75, 3.05) is 6.61 Å². The molecule has 1 aromatic rings. The van der Waals surface area contributed by atoms with Crippen LogP contribution in [-0.2, 0) is 16.6 Å². The third kappa shape index (κ3) is 3.36. The first-order valence-corrected chi connectivity index (χ1v) is 5.64. The minimum atomic E-state index is -4.65. The zero-order valence-electron chi connectivity index (χ0n) is 11.1. The maximum Gasteiger partial charge on any atom is 0.417 e. The molecule has 0 spiro atoms. The molecule has 0 aromatic carbocycles. The highest BCUT2D eigenvalue weighted by Gasteiger charge is 2.38. The number of aromatic nitrogens is 2. The quantitative estimate of drug-likeness (QED) is 0.629. The molecule has 0 N–H and O–H groups in total. The van der Waals surface area contributed by atoms with Gasteiger partial charge in [-0.05, 0) is 20.8 Å². The van der Waals surface area contributed by atoms with Crippen LogP contribution < -0.4 is 0 Å². The molecule has 7 heteroatoms. The Kier molecular flexibility index (Phi) is 4.39. The molecule has 0 aliphatic rings. The maximum absolute atomic E-state index is 13.1. The highest BCUT2D eigenvalue weighted by atomic mass is 19.4. The zero-order chi connectivity index (χ0) is 14.8. The van der Waals surface area contributed by atoms with Gasteiger partial charge in [0.05, 0.1) is 17.9 Å². The van der Waals surface area contributed by atoms with E-state index in [1.807, 2.05) is 0 Å². The monoisotopic (exact) mass is 276 g/mol. The first-order valence-electron chi connectivity index (χ1n) is 5.64. The summed E-state index contributed by atoms with van der Waals surface area (Å²) in [5.41, 5.74) is -0.560. The summed E-state index contributed by atoms with van der Waals surface area (Å²) in [5, 5.41) is 3.92. The maximum atomic E-state index is 13.1. The summed E-state index contributed by atoms with van der Waals surface area (Å²) >= 11 is 0. The molecule has 0 atom stereocenters. The number of halogens is 3. The fourth-order valence-corrected chi connectivity index (χ4v) is 1.76. The predicted octanol–water partition coefficient (Wildman–Crippen LogP) is 2.55. The molecule has 0 saturated carbocycles. The minimum Gasteiger partial charge on any atom is -0.463 e. The lowest BCUT2D eigenvalue weighted by molar-refractivity contribution is -0.137. The number of aryl methyl sites for hydroxylation is 2. The summed E-state index contributed by atoms with van der Waals surface area (Å²) < 4.78 is 45.1. The second-order valence-corrected chi connectivity index (χ2v) is 3.98. The summed E-state index contributed by atoms with van der Waals surface area (Å²) in [7, 11) is 1.55. The van der Waals surface area contributed by atoms with Gasteiger partial charge in [-0.2, -0.15) is 18.3 Å². The molecule has 0 fully saturated rings. The van der Waals surface area contributed by atoms with Crippen molar-refractivity contribution < 1.29 is 22.7 Å². The van der Waals surface area contributed by atoms with E-state index in [1.54, 1.807) is 7.05 Å². The Labute approximate surface area is 108 Å². The van der Waals surface area contributed by atoms with Crippen LogP contribution in [0.2, 0.25) is 0 Å². The molecule has 19 heavy (non-hydrogen) atoms. The molecule has 0 saturated heterocycles. The van der Waals surface area contributed by atoms with Crippen LogP contribution in [0, 0.1) is 13.8 Å². The molecule has 0 unspecified atom stereocenters. The van der Waals surface area contributed by atoms with Crippen molar-refractivity contribution in [1.82, 2.24) is 9.78 Å². The Bertz CT molecular complexity index is 516. The molecule has 106 valence electrons. The van der Waals surface area contributed by atoms with Crippen molar-refractivity contribution in [1.29, 1.82) is 0 Å². The Balaban J connectivity index is 3.38. The van der Waals surface area contributed by atoms with E-state index in [-0.39, 0.29) is 17.9 Å². The summed E-state index contributed by atoms with van der Waals surface area (Å²) in [5.74, 6) is -1.02. The number of esters is 1. The highest BCUT2D eigenvalue weighted by molar-refractivity contribution is 5.93. The third-order valence-electron chi connectivity index (χ3n) is 2.63. The van der Waals surface area contributed by atoms with Gasteiger partial charge in [0, 0.05) is 24.4 Å². The van der Waals surface area contributed by atoms with Crippen molar-refractivity contribution in [3.05, 3.63) is 23.0 Å². The van der Waals surface area contributed by atoms with Crippen LogP contribution in [0.1, 0.15) is 23.9 Å². The van der Waals surface area contributed by atoms with Crippen molar-refractivity contribution >= 4 is 11.5 Å². The molecular weight excluding hydrogens is 261 g/mol. The van der Waals surface area contributed by atoms with Crippen molar-refractivity contribution in [3.8, 4) is 0 Å². The van der Waals surface area contributed by atoms with E-state index in [2.05, 4.69) is 9.84 Å². The second-order valence-electron chi connectivity index (χ2n) is 3.98. The number of allylic oxidation sites excluding steroid dienone is 1. The van der Waals surface area contributed by atoms with Gasteiger partial charge in [0.1, 0.15) is 0 Å². The van der Waals surface area contributed by atoms with Gasteiger partial charge in [0.2, 0.25) is 0 Å². The van der Waals surface area contributed by atoms with E-state index in [9.17, 15) is 18.0 Å². The lowest BCUT2D eigenvalue weighted by Crippen LogP contribution is -2.15. The largest absolute Gasteiger partial charge is 0.463 e. The first kappa shape index (κ1) is 15.3. The molecule has 1 heterocycles. The van der Waals surface area contributed by atoms with Crippen LogP contribution >= 0.6 is 0 Å². The number of rotatable bonds is 3. The average Bonchev–Trinajstić information content (AvgIpc) is 2.49. The van der Waals surface area contributed by atoms with Gasteiger partial charge in [0.15, 0.2) is 0 Å². The normalized spacial score (nSPS) is 12.7. The molecule has 0 aliphatic heterocycles. The molecule has 1 rings (SSSR count). The Morgan fingerprint density at radius 1 is 1.42 bits per heavy atom.